The van der Waals surface area contributed by atoms with Crippen LogP contribution in [0.15, 0.2) is 30.3 Å². The number of nitrogens with two attached hydrogens (primary N) is 2. The van der Waals surface area contributed by atoms with E-state index < -0.39 is 11.4 Å². The van der Waals surface area contributed by atoms with E-state index in [0.717, 1.165) is 5.75 Å². The normalized spacial score (nSPS) is 14.5. The number of primary amides is 1. The Hall–Kier alpha value is -1.00. The predicted molar refractivity (Wildman–Crippen MR) is 64.4 cm³/mol. The fourth-order valence-electron chi connectivity index (χ4n) is 1.03. The van der Waals surface area contributed by atoms with Crippen molar-refractivity contribution in [1.29, 1.82) is 0 Å². The van der Waals surface area contributed by atoms with Crippen LogP contribution in [0.1, 0.15) is 12.5 Å². The van der Waals surface area contributed by atoms with Gasteiger partial charge in [-0.2, -0.15) is 11.8 Å². The number of hydrogen-bond acceptors (Lipinski definition) is 3. The lowest BCUT2D eigenvalue weighted by atomic mass is 10.1. The Morgan fingerprint density at radius 1 is 1.40 bits per heavy atom. The minimum absolute atomic E-state index is 0.455. The highest BCUT2D eigenvalue weighted by molar-refractivity contribution is 7.98. The fourth-order valence-corrected chi connectivity index (χ4v) is 2.12. The summed E-state index contributed by atoms with van der Waals surface area (Å²) in [6, 6.07) is 10.1. The number of thioether (sulfide) groups is 1. The van der Waals surface area contributed by atoms with Crippen LogP contribution in [0.4, 0.5) is 0 Å². The topological polar surface area (TPSA) is 69.1 Å². The minimum Gasteiger partial charge on any atom is -0.368 e. The number of hydrogen-bond donors (Lipinski definition) is 2. The zero-order chi connectivity index (χ0) is 11.3. The maximum absolute atomic E-state index is 10.9. The Kier molecular flexibility index (Phi) is 4.17. The van der Waals surface area contributed by atoms with Crippen molar-refractivity contribution in [2.45, 2.75) is 18.2 Å². The van der Waals surface area contributed by atoms with Gasteiger partial charge in [-0.15, -0.1) is 0 Å². The van der Waals surface area contributed by atoms with Crippen LogP contribution in [0.25, 0.3) is 0 Å². The van der Waals surface area contributed by atoms with Gasteiger partial charge in [0.1, 0.15) is 5.54 Å². The summed E-state index contributed by atoms with van der Waals surface area (Å²) in [5.41, 5.74) is 11.2. The van der Waals surface area contributed by atoms with Gasteiger partial charge >= 0.3 is 0 Å². The number of benzene rings is 1. The van der Waals surface area contributed by atoms with Crippen molar-refractivity contribution in [3.63, 3.8) is 0 Å². The number of carbonyl (C=O) groups excluding carboxylic acids is 1. The van der Waals surface area contributed by atoms with Crippen LogP contribution in [0.3, 0.4) is 0 Å². The third kappa shape index (κ3) is 3.93. The van der Waals surface area contributed by atoms with Crippen LogP contribution >= 0.6 is 11.8 Å². The van der Waals surface area contributed by atoms with Gasteiger partial charge in [0.25, 0.3) is 0 Å². The molecule has 0 heterocycles. The van der Waals surface area contributed by atoms with E-state index in [1.807, 2.05) is 30.3 Å². The van der Waals surface area contributed by atoms with Crippen LogP contribution in [-0.2, 0) is 10.5 Å². The molecule has 1 rings (SSSR count). The highest BCUT2D eigenvalue weighted by Gasteiger charge is 2.25. The van der Waals surface area contributed by atoms with Gasteiger partial charge in [0.2, 0.25) is 5.91 Å². The maximum Gasteiger partial charge on any atom is 0.238 e. The molecule has 1 aromatic rings. The standard InChI is InChI=1S/C11H16N2OS/c1-11(13,10(12)14)8-15-7-9-5-3-2-4-6-9/h2-6H,7-8,13H2,1H3,(H2,12,14). The molecule has 4 heteroatoms. The summed E-state index contributed by atoms with van der Waals surface area (Å²) >= 11 is 1.62. The van der Waals surface area contributed by atoms with Crippen LogP contribution < -0.4 is 11.5 Å². The number of carbonyl (C=O) groups is 1. The SMILES string of the molecule is CC(N)(CSCc1ccccc1)C(N)=O. The average Bonchev–Trinajstić information content (AvgIpc) is 2.19. The van der Waals surface area contributed by atoms with Gasteiger partial charge in [-0.3, -0.25) is 4.79 Å². The van der Waals surface area contributed by atoms with E-state index in [1.54, 1.807) is 18.7 Å². The van der Waals surface area contributed by atoms with E-state index in [-0.39, 0.29) is 0 Å². The molecule has 0 aliphatic heterocycles. The molecular formula is C11H16N2OS. The zero-order valence-electron chi connectivity index (χ0n) is 8.77. The zero-order valence-corrected chi connectivity index (χ0v) is 9.59. The Morgan fingerprint density at radius 3 is 2.53 bits per heavy atom. The summed E-state index contributed by atoms with van der Waals surface area (Å²) in [6.07, 6.45) is 0. The van der Waals surface area contributed by atoms with Crippen LogP contribution in [-0.4, -0.2) is 17.2 Å². The van der Waals surface area contributed by atoms with E-state index in [9.17, 15) is 4.79 Å². The summed E-state index contributed by atoms with van der Waals surface area (Å²) in [4.78, 5) is 10.9. The smallest absolute Gasteiger partial charge is 0.238 e. The van der Waals surface area contributed by atoms with E-state index in [2.05, 4.69) is 0 Å². The molecule has 1 aromatic carbocycles. The van der Waals surface area contributed by atoms with Gasteiger partial charge in [-0.25, -0.2) is 0 Å². The Labute approximate surface area is 94.2 Å². The second-order valence-corrected chi connectivity index (χ2v) is 4.75. The lowest BCUT2D eigenvalue weighted by Gasteiger charge is -2.19. The summed E-state index contributed by atoms with van der Waals surface area (Å²) in [5.74, 6) is 0.932. The van der Waals surface area contributed by atoms with Crippen LogP contribution in [0.2, 0.25) is 0 Å². The van der Waals surface area contributed by atoms with E-state index in [1.165, 1.54) is 5.56 Å². The van der Waals surface area contributed by atoms with Gasteiger partial charge in [-0.1, -0.05) is 30.3 Å². The van der Waals surface area contributed by atoms with Gasteiger partial charge in [0.05, 0.1) is 0 Å². The molecule has 4 N–H and O–H groups in total. The molecule has 82 valence electrons. The number of amides is 1. The Morgan fingerprint density at radius 2 is 2.00 bits per heavy atom. The highest BCUT2D eigenvalue weighted by atomic mass is 32.2. The molecule has 1 unspecified atom stereocenters. The van der Waals surface area contributed by atoms with Crippen molar-refractivity contribution in [2.75, 3.05) is 5.75 Å². The molecule has 0 spiro atoms. The molecule has 3 nitrogen and oxygen atoms in total. The quantitative estimate of drug-likeness (QED) is 0.787. The lowest BCUT2D eigenvalue weighted by molar-refractivity contribution is -0.121. The van der Waals surface area contributed by atoms with E-state index >= 15 is 0 Å². The van der Waals surface area contributed by atoms with Crippen molar-refractivity contribution >= 4 is 17.7 Å². The first-order valence-electron chi connectivity index (χ1n) is 4.73. The maximum atomic E-state index is 10.9. The summed E-state index contributed by atoms with van der Waals surface area (Å²) < 4.78 is 0. The molecule has 0 aliphatic rings. The van der Waals surface area contributed by atoms with Crippen molar-refractivity contribution in [2.24, 2.45) is 11.5 Å². The van der Waals surface area contributed by atoms with Crippen molar-refractivity contribution in [1.82, 2.24) is 0 Å². The highest BCUT2D eigenvalue weighted by Crippen LogP contribution is 2.16. The molecule has 0 radical (unpaired) electrons. The van der Waals surface area contributed by atoms with Gasteiger partial charge in [0, 0.05) is 11.5 Å². The van der Waals surface area contributed by atoms with Crippen LogP contribution in [0, 0.1) is 0 Å². The number of rotatable bonds is 5. The third-order valence-electron chi connectivity index (χ3n) is 2.08. The molecular weight excluding hydrogens is 208 g/mol. The van der Waals surface area contributed by atoms with Crippen molar-refractivity contribution in [3.05, 3.63) is 35.9 Å². The van der Waals surface area contributed by atoms with Gasteiger partial charge < -0.3 is 11.5 Å². The summed E-state index contributed by atoms with van der Waals surface area (Å²) in [6.45, 7) is 1.66. The lowest BCUT2D eigenvalue weighted by Crippen LogP contribution is -2.51. The van der Waals surface area contributed by atoms with Crippen molar-refractivity contribution in [3.8, 4) is 0 Å². The fraction of sp³-hybridized carbons (Fsp3) is 0.364. The molecule has 0 bridgehead atoms. The molecule has 0 fully saturated rings. The second kappa shape index (κ2) is 5.19. The van der Waals surface area contributed by atoms with E-state index in [0.29, 0.717) is 5.75 Å². The van der Waals surface area contributed by atoms with Gasteiger partial charge in [-0.05, 0) is 12.5 Å². The minimum atomic E-state index is -0.917. The molecule has 0 saturated carbocycles. The second-order valence-electron chi connectivity index (χ2n) is 3.76. The monoisotopic (exact) mass is 224 g/mol. The largest absolute Gasteiger partial charge is 0.368 e. The van der Waals surface area contributed by atoms with E-state index in [4.69, 9.17) is 11.5 Å². The molecule has 0 aromatic heterocycles. The molecule has 1 atom stereocenters. The molecule has 0 aliphatic carbocycles. The summed E-state index contributed by atoms with van der Waals surface area (Å²) in [7, 11) is 0. The predicted octanol–water partition coefficient (Wildman–Crippen LogP) is 1.12. The van der Waals surface area contributed by atoms with Gasteiger partial charge in [0.15, 0.2) is 0 Å². The molecule has 0 saturated heterocycles. The van der Waals surface area contributed by atoms with Crippen LogP contribution in [0.5, 0.6) is 0 Å². The molecule has 15 heavy (non-hydrogen) atoms. The first-order valence-corrected chi connectivity index (χ1v) is 5.88. The first-order chi connectivity index (χ1) is 7.02. The Bertz CT molecular complexity index is 325. The first kappa shape index (κ1) is 12.1. The third-order valence-corrected chi connectivity index (χ3v) is 3.42. The average molecular weight is 224 g/mol. The van der Waals surface area contributed by atoms with Crippen molar-refractivity contribution < 1.29 is 4.79 Å². The molecule has 1 amide bonds. The Balaban J connectivity index is 2.37. The summed E-state index contributed by atoms with van der Waals surface area (Å²) in [5, 5.41) is 0.